The Morgan fingerprint density at radius 2 is 2.03 bits per heavy atom. The lowest BCUT2D eigenvalue weighted by molar-refractivity contribution is -0.144. The van der Waals surface area contributed by atoms with Gasteiger partial charge in [0.05, 0.1) is 18.9 Å². The van der Waals surface area contributed by atoms with Crippen molar-refractivity contribution < 1.29 is 28.5 Å². The van der Waals surface area contributed by atoms with Gasteiger partial charge < -0.3 is 34.5 Å². The molecule has 0 spiro atoms. The molecule has 12 nitrogen and oxygen atoms in total. The smallest absolute Gasteiger partial charge is 0.321 e. The van der Waals surface area contributed by atoms with Crippen LogP contribution < -0.4 is 20.1 Å². The fourth-order valence-corrected chi connectivity index (χ4v) is 4.05. The number of esters is 1. The molecule has 1 aromatic carbocycles. The van der Waals surface area contributed by atoms with E-state index in [-0.39, 0.29) is 36.7 Å². The van der Waals surface area contributed by atoms with Crippen LogP contribution in [-0.4, -0.2) is 84.0 Å². The van der Waals surface area contributed by atoms with E-state index >= 15 is 0 Å². The third-order valence-electron chi connectivity index (χ3n) is 6.31. The van der Waals surface area contributed by atoms with Gasteiger partial charge in [-0.1, -0.05) is 12.1 Å². The van der Waals surface area contributed by atoms with Crippen LogP contribution in [-0.2, 0) is 27.4 Å². The van der Waals surface area contributed by atoms with Gasteiger partial charge in [0, 0.05) is 50.9 Å². The minimum absolute atomic E-state index is 0.0103. The molecular weight excluding hydrogens is 480 g/mol. The van der Waals surface area contributed by atoms with Crippen LogP contribution in [0.5, 0.6) is 11.5 Å². The minimum Gasteiger partial charge on any atom is -0.486 e. The number of benzene rings is 1. The highest BCUT2D eigenvalue weighted by Crippen LogP contribution is 2.32. The molecule has 0 radical (unpaired) electrons. The van der Waals surface area contributed by atoms with E-state index in [2.05, 4.69) is 27.9 Å². The summed E-state index contributed by atoms with van der Waals surface area (Å²) >= 11 is 0. The minimum atomic E-state index is -0.281. The predicted molar refractivity (Wildman–Crippen MR) is 135 cm³/mol. The van der Waals surface area contributed by atoms with Crippen LogP contribution >= 0.6 is 0 Å². The molecule has 2 aromatic rings. The lowest BCUT2D eigenvalue weighted by atomic mass is 10.0. The average molecular weight is 517 g/mol. The molecule has 4 rings (SSSR count). The standard InChI is InChI=1S/C25H36N6O6/c1-17-12-26-18(2)15-37-24(32)5-4-8-31-13-20(28-29-31)16-36-23(17)14-30(3)25(33)27-19-6-7-21-22(11-19)35-10-9-34-21/h6-7,11,13,17-18,23,26H,4-5,8-10,12,14-16H2,1-3H3,(H,27,33)/t17-,18-,23-/m1/s1. The second-order valence-corrected chi connectivity index (χ2v) is 9.56. The lowest BCUT2D eigenvalue weighted by Crippen LogP contribution is -2.44. The van der Waals surface area contributed by atoms with Crippen molar-refractivity contribution in [1.82, 2.24) is 25.2 Å². The number of amides is 2. The highest BCUT2D eigenvalue weighted by molar-refractivity contribution is 5.89. The van der Waals surface area contributed by atoms with E-state index in [4.69, 9.17) is 18.9 Å². The predicted octanol–water partition coefficient (Wildman–Crippen LogP) is 2.05. The van der Waals surface area contributed by atoms with Gasteiger partial charge >= 0.3 is 12.0 Å². The fraction of sp³-hybridized carbons (Fsp3) is 0.600. The van der Waals surface area contributed by atoms with Crippen LogP contribution in [0, 0.1) is 5.92 Å². The number of cyclic esters (lactones) is 1. The molecule has 0 saturated heterocycles. The lowest BCUT2D eigenvalue weighted by Gasteiger charge is -2.30. The van der Waals surface area contributed by atoms with E-state index < -0.39 is 0 Å². The first-order chi connectivity index (χ1) is 17.9. The Hall–Kier alpha value is -3.38. The maximum Gasteiger partial charge on any atom is 0.321 e. The van der Waals surface area contributed by atoms with Gasteiger partial charge in [-0.05, 0) is 31.4 Å². The Kier molecular flexibility index (Phi) is 9.18. The number of aromatic nitrogens is 3. The largest absolute Gasteiger partial charge is 0.486 e. The second kappa shape index (κ2) is 12.7. The quantitative estimate of drug-likeness (QED) is 0.589. The van der Waals surface area contributed by atoms with E-state index in [1.165, 1.54) is 0 Å². The maximum absolute atomic E-state index is 13.0. The number of likely N-dealkylation sites (N-methyl/N-ethyl adjacent to an activating group) is 1. The van der Waals surface area contributed by atoms with E-state index in [1.807, 2.05) is 13.1 Å². The van der Waals surface area contributed by atoms with Crippen molar-refractivity contribution >= 4 is 17.7 Å². The van der Waals surface area contributed by atoms with Crippen LogP contribution in [0.15, 0.2) is 24.4 Å². The summed E-state index contributed by atoms with van der Waals surface area (Å²) in [7, 11) is 1.73. The zero-order chi connectivity index (χ0) is 26.2. The number of rotatable bonds is 3. The number of hydrogen-bond donors (Lipinski definition) is 2. The summed E-state index contributed by atoms with van der Waals surface area (Å²) in [6, 6.07) is 5.05. The van der Waals surface area contributed by atoms with Crippen LogP contribution in [0.4, 0.5) is 10.5 Å². The van der Waals surface area contributed by atoms with Crippen molar-refractivity contribution in [2.75, 3.05) is 45.3 Å². The first-order valence-corrected chi connectivity index (χ1v) is 12.7. The fourth-order valence-electron chi connectivity index (χ4n) is 4.05. The zero-order valence-electron chi connectivity index (χ0n) is 21.6. The summed E-state index contributed by atoms with van der Waals surface area (Å²) < 4.78 is 24.5. The van der Waals surface area contributed by atoms with Crippen molar-refractivity contribution in [1.29, 1.82) is 0 Å². The van der Waals surface area contributed by atoms with Gasteiger partial charge in [0.25, 0.3) is 0 Å². The van der Waals surface area contributed by atoms with Gasteiger partial charge in [0.2, 0.25) is 0 Å². The molecule has 37 heavy (non-hydrogen) atoms. The molecule has 2 bridgehead atoms. The molecule has 3 atom stereocenters. The number of nitrogens with one attached hydrogen (secondary N) is 2. The number of fused-ring (bicyclic) bond motifs is 3. The molecule has 2 N–H and O–H groups in total. The monoisotopic (exact) mass is 516 g/mol. The number of ether oxygens (including phenoxy) is 4. The Labute approximate surface area is 216 Å². The molecule has 202 valence electrons. The van der Waals surface area contributed by atoms with E-state index in [1.54, 1.807) is 34.8 Å². The van der Waals surface area contributed by atoms with Gasteiger partial charge in [-0.15, -0.1) is 5.10 Å². The summed E-state index contributed by atoms with van der Waals surface area (Å²) in [6.45, 7) is 7.12. The van der Waals surface area contributed by atoms with Gasteiger partial charge in [-0.2, -0.15) is 0 Å². The second-order valence-electron chi connectivity index (χ2n) is 9.56. The van der Waals surface area contributed by atoms with Crippen molar-refractivity contribution in [2.45, 2.75) is 52.0 Å². The van der Waals surface area contributed by atoms with Crippen molar-refractivity contribution in [2.24, 2.45) is 5.92 Å². The number of aryl methyl sites for hydroxylation is 1. The SMILES string of the molecule is C[C@@H]1COC(=O)CCCn2cc(nn2)CO[C@H](CN(C)C(=O)Nc2ccc3c(c2)OCCO3)[C@H](C)CN1. The van der Waals surface area contributed by atoms with E-state index in [0.717, 1.165) is 0 Å². The normalized spacial score (nSPS) is 23.1. The zero-order valence-corrected chi connectivity index (χ0v) is 21.6. The van der Waals surface area contributed by atoms with Gasteiger partial charge in [0.1, 0.15) is 25.5 Å². The van der Waals surface area contributed by atoms with Crippen LogP contribution in [0.3, 0.4) is 0 Å². The molecule has 2 aliphatic heterocycles. The molecule has 0 fully saturated rings. The number of anilines is 1. The number of urea groups is 1. The number of nitrogens with zero attached hydrogens (tertiary/aromatic N) is 4. The number of carbonyl (C=O) groups excluding carboxylic acids is 2. The molecule has 3 heterocycles. The number of carbonyl (C=O) groups is 2. The number of hydrogen-bond acceptors (Lipinski definition) is 9. The molecule has 1 aromatic heterocycles. The Balaban J connectivity index is 1.39. The topological polar surface area (TPSA) is 129 Å². The molecular formula is C25H36N6O6. The molecule has 0 aliphatic carbocycles. The summed E-state index contributed by atoms with van der Waals surface area (Å²) in [5, 5.41) is 14.6. The summed E-state index contributed by atoms with van der Waals surface area (Å²) in [5.74, 6) is 1.10. The highest BCUT2D eigenvalue weighted by Gasteiger charge is 2.24. The molecule has 2 aliphatic rings. The van der Waals surface area contributed by atoms with Crippen LogP contribution in [0.1, 0.15) is 32.4 Å². The molecule has 0 unspecified atom stereocenters. The van der Waals surface area contributed by atoms with E-state index in [0.29, 0.717) is 75.2 Å². The maximum atomic E-state index is 13.0. The van der Waals surface area contributed by atoms with E-state index in [9.17, 15) is 9.59 Å². The summed E-state index contributed by atoms with van der Waals surface area (Å²) in [4.78, 5) is 26.6. The third kappa shape index (κ3) is 7.80. The van der Waals surface area contributed by atoms with Crippen molar-refractivity contribution in [3.8, 4) is 11.5 Å². The molecule has 2 amide bonds. The first kappa shape index (κ1) is 26.7. The van der Waals surface area contributed by atoms with Crippen molar-refractivity contribution in [3.05, 3.63) is 30.1 Å². The third-order valence-corrected chi connectivity index (χ3v) is 6.31. The van der Waals surface area contributed by atoms with Crippen LogP contribution in [0.2, 0.25) is 0 Å². The molecule has 0 saturated carbocycles. The summed E-state index contributed by atoms with van der Waals surface area (Å²) in [5.41, 5.74) is 1.31. The van der Waals surface area contributed by atoms with Crippen LogP contribution in [0.25, 0.3) is 0 Å². The molecule has 12 heteroatoms. The van der Waals surface area contributed by atoms with Gasteiger partial charge in [-0.3, -0.25) is 9.48 Å². The van der Waals surface area contributed by atoms with Gasteiger partial charge in [0.15, 0.2) is 11.5 Å². The average Bonchev–Trinajstić information content (AvgIpc) is 3.35. The van der Waals surface area contributed by atoms with Gasteiger partial charge in [-0.25, -0.2) is 4.79 Å². The Morgan fingerprint density at radius 1 is 1.22 bits per heavy atom. The van der Waals surface area contributed by atoms with Crippen molar-refractivity contribution in [3.63, 3.8) is 0 Å². The first-order valence-electron chi connectivity index (χ1n) is 12.7. The summed E-state index contributed by atoms with van der Waals surface area (Å²) in [6.07, 6.45) is 2.49. The Bertz CT molecular complexity index is 1060. The Morgan fingerprint density at radius 3 is 2.86 bits per heavy atom. The highest BCUT2D eigenvalue weighted by atomic mass is 16.6.